The second-order valence-corrected chi connectivity index (χ2v) is 7.15. The lowest BCUT2D eigenvalue weighted by Gasteiger charge is -2.22. The molecule has 136 valence electrons. The molecule has 1 unspecified atom stereocenters. The third-order valence-corrected chi connectivity index (χ3v) is 4.46. The summed E-state index contributed by atoms with van der Waals surface area (Å²) in [7, 11) is 0. The van der Waals surface area contributed by atoms with E-state index in [1.54, 1.807) is 0 Å². The van der Waals surface area contributed by atoms with Crippen LogP contribution in [0.1, 0.15) is 69.2 Å². The van der Waals surface area contributed by atoms with Crippen LogP contribution in [0.25, 0.3) is 0 Å². The van der Waals surface area contributed by atoms with Crippen molar-refractivity contribution < 1.29 is 9.32 Å². The number of hydrogen-bond acceptors (Lipinski definition) is 5. The summed E-state index contributed by atoms with van der Waals surface area (Å²) in [5, 5.41) is 18.4. The van der Waals surface area contributed by atoms with Crippen molar-refractivity contribution in [2.24, 2.45) is 5.92 Å². The Hall–Kier alpha value is -2.38. The molecule has 0 saturated carbocycles. The van der Waals surface area contributed by atoms with Crippen molar-refractivity contribution in [3.63, 3.8) is 0 Å². The molecule has 0 aliphatic carbocycles. The minimum Gasteiger partial charge on any atom is -0.359 e. The second kappa shape index (κ2) is 7.25. The molecule has 0 radical (unpaired) electrons. The van der Waals surface area contributed by atoms with Crippen LogP contribution in [0, 0.1) is 5.92 Å². The number of nitrogens with zero attached hydrogens (tertiary/aromatic N) is 4. The number of aryl methyl sites for hydroxylation is 1. The van der Waals surface area contributed by atoms with Crippen molar-refractivity contribution >= 4 is 6.03 Å². The molecule has 8 nitrogen and oxygen atoms in total. The predicted octanol–water partition coefficient (Wildman–Crippen LogP) is 2.53. The van der Waals surface area contributed by atoms with Crippen molar-refractivity contribution in [3.05, 3.63) is 29.2 Å². The SMILES string of the molecule is CC(C)c1cc(CNC(=O)NC(c2nnc3n2CCC3)C(C)C)on1. The summed E-state index contributed by atoms with van der Waals surface area (Å²) in [6.07, 6.45) is 2.03. The molecule has 1 aliphatic heterocycles. The van der Waals surface area contributed by atoms with E-state index in [4.69, 9.17) is 4.52 Å². The molecule has 0 aromatic carbocycles. The van der Waals surface area contributed by atoms with Gasteiger partial charge in [-0.1, -0.05) is 32.9 Å². The van der Waals surface area contributed by atoms with Crippen molar-refractivity contribution in [1.29, 1.82) is 0 Å². The molecule has 2 aromatic rings. The molecular weight excluding hydrogens is 320 g/mol. The molecule has 0 fully saturated rings. The molecular formula is C17H26N6O2. The highest BCUT2D eigenvalue weighted by molar-refractivity contribution is 5.74. The predicted molar refractivity (Wildman–Crippen MR) is 91.9 cm³/mol. The van der Waals surface area contributed by atoms with Gasteiger partial charge in [-0.15, -0.1) is 10.2 Å². The van der Waals surface area contributed by atoms with E-state index in [9.17, 15) is 4.79 Å². The minimum atomic E-state index is -0.253. The first-order valence-corrected chi connectivity index (χ1v) is 8.87. The number of aromatic nitrogens is 4. The molecule has 1 aliphatic rings. The number of hydrogen-bond donors (Lipinski definition) is 2. The molecule has 2 aromatic heterocycles. The first kappa shape index (κ1) is 17.4. The van der Waals surface area contributed by atoms with Gasteiger partial charge in [-0.2, -0.15) is 0 Å². The Morgan fingerprint density at radius 1 is 1.32 bits per heavy atom. The van der Waals surface area contributed by atoms with Crippen molar-refractivity contribution in [1.82, 2.24) is 30.6 Å². The standard InChI is InChI=1S/C17H26N6O2/c1-10(2)13-8-12(25-22-13)9-18-17(24)19-15(11(3)4)16-21-20-14-6-5-7-23(14)16/h8,10-11,15H,5-7,9H2,1-4H3,(H2,18,19,24). The number of rotatable bonds is 6. The zero-order valence-corrected chi connectivity index (χ0v) is 15.2. The molecule has 2 amide bonds. The largest absolute Gasteiger partial charge is 0.359 e. The van der Waals surface area contributed by atoms with Gasteiger partial charge in [0.25, 0.3) is 0 Å². The van der Waals surface area contributed by atoms with Crippen LogP contribution in [0.5, 0.6) is 0 Å². The van der Waals surface area contributed by atoms with Crippen LogP contribution in [-0.2, 0) is 19.5 Å². The highest BCUT2D eigenvalue weighted by Gasteiger charge is 2.27. The Balaban J connectivity index is 1.61. The minimum absolute atomic E-state index is 0.180. The highest BCUT2D eigenvalue weighted by Crippen LogP contribution is 2.24. The van der Waals surface area contributed by atoms with E-state index in [1.807, 2.05) is 19.9 Å². The van der Waals surface area contributed by atoms with E-state index < -0.39 is 0 Å². The Kier molecular flexibility index (Phi) is 5.06. The molecule has 0 saturated heterocycles. The van der Waals surface area contributed by atoms with Crippen LogP contribution in [-0.4, -0.2) is 26.0 Å². The lowest BCUT2D eigenvalue weighted by molar-refractivity contribution is 0.229. The number of urea groups is 1. The van der Waals surface area contributed by atoms with E-state index in [-0.39, 0.29) is 18.0 Å². The van der Waals surface area contributed by atoms with E-state index in [1.165, 1.54) is 0 Å². The molecule has 2 N–H and O–H groups in total. The van der Waals surface area contributed by atoms with Gasteiger partial charge in [0.15, 0.2) is 11.6 Å². The first-order chi connectivity index (χ1) is 12.0. The topological polar surface area (TPSA) is 97.9 Å². The molecule has 1 atom stereocenters. The fourth-order valence-electron chi connectivity index (χ4n) is 2.98. The van der Waals surface area contributed by atoms with Crippen molar-refractivity contribution in [3.8, 4) is 0 Å². The monoisotopic (exact) mass is 346 g/mol. The van der Waals surface area contributed by atoms with Crippen LogP contribution in [0.4, 0.5) is 4.79 Å². The van der Waals surface area contributed by atoms with E-state index in [2.05, 4.69) is 44.4 Å². The maximum Gasteiger partial charge on any atom is 0.315 e. The van der Waals surface area contributed by atoms with Gasteiger partial charge in [-0.25, -0.2) is 4.79 Å². The van der Waals surface area contributed by atoms with Crippen LogP contribution >= 0.6 is 0 Å². The Labute approximate surface area is 147 Å². The number of carbonyl (C=O) groups is 1. The lowest BCUT2D eigenvalue weighted by Crippen LogP contribution is -2.40. The number of fused-ring (bicyclic) bond motifs is 1. The molecule has 3 rings (SSSR count). The van der Waals surface area contributed by atoms with Gasteiger partial charge in [0.2, 0.25) is 0 Å². The third-order valence-electron chi connectivity index (χ3n) is 4.46. The smallest absolute Gasteiger partial charge is 0.315 e. The average Bonchev–Trinajstić information content (AvgIpc) is 3.26. The summed E-state index contributed by atoms with van der Waals surface area (Å²) in [5.74, 6) is 2.98. The fraction of sp³-hybridized carbons (Fsp3) is 0.647. The number of nitrogens with one attached hydrogen (secondary N) is 2. The quantitative estimate of drug-likeness (QED) is 0.837. The fourth-order valence-corrected chi connectivity index (χ4v) is 2.98. The molecule has 0 spiro atoms. The van der Waals surface area contributed by atoms with Crippen LogP contribution < -0.4 is 10.6 Å². The Bertz CT molecular complexity index is 733. The Morgan fingerprint density at radius 2 is 2.12 bits per heavy atom. The van der Waals surface area contributed by atoms with Gasteiger partial charge in [0.1, 0.15) is 5.82 Å². The summed E-state index contributed by atoms with van der Waals surface area (Å²) in [6, 6.07) is 1.44. The van der Waals surface area contributed by atoms with Crippen molar-refractivity contribution in [2.45, 2.75) is 65.6 Å². The zero-order valence-electron chi connectivity index (χ0n) is 15.2. The maximum atomic E-state index is 12.3. The third kappa shape index (κ3) is 3.83. The molecule has 3 heterocycles. The first-order valence-electron chi connectivity index (χ1n) is 8.87. The maximum absolute atomic E-state index is 12.3. The van der Waals surface area contributed by atoms with Crippen LogP contribution in [0.3, 0.4) is 0 Å². The van der Waals surface area contributed by atoms with E-state index in [0.717, 1.165) is 36.7 Å². The zero-order chi connectivity index (χ0) is 18.0. The average molecular weight is 346 g/mol. The van der Waals surface area contributed by atoms with Gasteiger partial charge < -0.3 is 19.7 Å². The summed E-state index contributed by atoms with van der Waals surface area (Å²) in [6.45, 7) is 9.44. The summed E-state index contributed by atoms with van der Waals surface area (Å²) in [5.41, 5.74) is 0.885. The number of amides is 2. The lowest BCUT2D eigenvalue weighted by atomic mass is 10.0. The normalized spacial score (nSPS) is 14.8. The van der Waals surface area contributed by atoms with E-state index in [0.29, 0.717) is 18.2 Å². The summed E-state index contributed by atoms with van der Waals surface area (Å²) < 4.78 is 7.36. The second-order valence-electron chi connectivity index (χ2n) is 7.15. The highest BCUT2D eigenvalue weighted by atomic mass is 16.5. The van der Waals surface area contributed by atoms with Gasteiger partial charge in [-0.05, 0) is 18.3 Å². The van der Waals surface area contributed by atoms with Crippen LogP contribution in [0.2, 0.25) is 0 Å². The molecule has 0 bridgehead atoms. The van der Waals surface area contributed by atoms with Gasteiger partial charge in [0, 0.05) is 19.0 Å². The van der Waals surface area contributed by atoms with E-state index >= 15 is 0 Å². The van der Waals surface area contributed by atoms with Gasteiger partial charge >= 0.3 is 6.03 Å². The van der Waals surface area contributed by atoms with Crippen molar-refractivity contribution in [2.75, 3.05) is 0 Å². The molecule has 8 heteroatoms. The summed E-state index contributed by atoms with van der Waals surface area (Å²) in [4.78, 5) is 12.3. The van der Waals surface area contributed by atoms with Gasteiger partial charge in [-0.3, -0.25) is 0 Å². The summed E-state index contributed by atoms with van der Waals surface area (Å²) >= 11 is 0. The molecule has 25 heavy (non-hydrogen) atoms. The van der Waals surface area contributed by atoms with Crippen LogP contribution in [0.15, 0.2) is 10.6 Å². The van der Waals surface area contributed by atoms with Gasteiger partial charge in [0.05, 0.1) is 18.3 Å². The number of carbonyl (C=O) groups excluding carboxylic acids is 1. The Morgan fingerprint density at radius 3 is 2.80 bits per heavy atom.